The van der Waals surface area contributed by atoms with E-state index in [0.717, 1.165) is 0 Å². The summed E-state index contributed by atoms with van der Waals surface area (Å²) in [5.41, 5.74) is 19.7. The lowest BCUT2D eigenvalue weighted by atomic mass is 10.1. The van der Waals surface area contributed by atoms with Crippen molar-refractivity contribution in [2.75, 3.05) is 6.54 Å². The SMILES string of the molecule is CC(C)C[C@@H](ONC(=O)[C@@H](C)ONC(=O)[C@H](ONC(=O)[C@@H](CCCCN)ONC(=O)[C@@H](CC(C)C)ON1C(=O)c2ccccc2C1=O)C(C)C)C(N)=O. The van der Waals surface area contributed by atoms with E-state index < -0.39 is 77.8 Å². The number of nitrogens with zero attached hydrogens (tertiary/aromatic N) is 1. The summed E-state index contributed by atoms with van der Waals surface area (Å²) in [5, 5.41) is 0.533. The Kier molecular flexibility index (Phi) is 18.4. The van der Waals surface area contributed by atoms with Crippen molar-refractivity contribution in [1.82, 2.24) is 27.0 Å². The molecule has 1 aliphatic heterocycles. The Hall–Kier alpha value is -4.53. The van der Waals surface area contributed by atoms with Crippen molar-refractivity contribution in [3.8, 4) is 0 Å². The van der Waals surface area contributed by atoms with Gasteiger partial charge in [-0.25, -0.2) is 26.8 Å². The third-order valence-corrected chi connectivity index (χ3v) is 7.64. The minimum absolute atomic E-state index is 0.0549. The quantitative estimate of drug-likeness (QED) is 0.0481. The summed E-state index contributed by atoms with van der Waals surface area (Å²) >= 11 is 0. The molecular formula is C34H53N7O12. The summed E-state index contributed by atoms with van der Waals surface area (Å²) in [5.74, 6) is -6.19. The van der Waals surface area contributed by atoms with Crippen LogP contribution in [0.25, 0.3) is 0 Å². The maximum absolute atomic E-state index is 13.3. The van der Waals surface area contributed by atoms with Gasteiger partial charge in [-0.05, 0) is 75.5 Å². The number of benzene rings is 1. The van der Waals surface area contributed by atoms with Gasteiger partial charge in [0.25, 0.3) is 35.4 Å². The topological polar surface area (TPSA) is 269 Å². The van der Waals surface area contributed by atoms with E-state index in [1.165, 1.54) is 19.1 Å². The van der Waals surface area contributed by atoms with Gasteiger partial charge < -0.3 is 11.5 Å². The van der Waals surface area contributed by atoms with Crippen molar-refractivity contribution >= 4 is 41.4 Å². The second-order valence-electron chi connectivity index (χ2n) is 13.6. The number of unbranched alkanes of at least 4 members (excludes halogenated alkanes) is 1. The summed E-state index contributed by atoms with van der Waals surface area (Å²) in [4.78, 5) is 116. The van der Waals surface area contributed by atoms with Crippen LogP contribution in [-0.4, -0.2) is 83.5 Å². The number of carbonyl (C=O) groups excluding carboxylic acids is 7. The fourth-order valence-corrected chi connectivity index (χ4v) is 4.73. The number of amides is 7. The highest BCUT2D eigenvalue weighted by molar-refractivity contribution is 6.20. The lowest BCUT2D eigenvalue weighted by Gasteiger charge is -2.25. The van der Waals surface area contributed by atoms with Gasteiger partial charge in [-0.15, -0.1) is 5.06 Å². The molecule has 0 saturated heterocycles. The van der Waals surface area contributed by atoms with Crippen molar-refractivity contribution in [1.29, 1.82) is 0 Å². The first-order valence-corrected chi connectivity index (χ1v) is 17.4. The van der Waals surface area contributed by atoms with Gasteiger partial charge >= 0.3 is 0 Å². The van der Waals surface area contributed by atoms with Crippen LogP contribution >= 0.6 is 0 Å². The summed E-state index contributed by atoms with van der Waals surface area (Å²) in [6.07, 6.45) is -5.00. The predicted molar refractivity (Wildman–Crippen MR) is 185 cm³/mol. The molecule has 1 aliphatic rings. The second kappa shape index (κ2) is 21.9. The summed E-state index contributed by atoms with van der Waals surface area (Å²) in [7, 11) is 0. The Morgan fingerprint density at radius 3 is 1.68 bits per heavy atom. The molecule has 0 spiro atoms. The van der Waals surface area contributed by atoms with Crippen LogP contribution in [0.1, 0.15) is 101 Å². The van der Waals surface area contributed by atoms with E-state index in [1.54, 1.807) is 39.8 Å². The molecule has 7 amide bonds. The normalized spacial score (nSPS) is 15.5. The number of rotatable bonds is 24. The Morgan fingerprint density at radius 2 is 1.15 bits per heavy atom. The van der Waals surface area contributed by atoms with E-state index in [1.807, 2.05) is 13.8 Å². The van der Waals surface area contributed by atoms with Crippen molar-refractivity contribution in [3.63, 3.8) is 0 Å². The number of nitrogens with two attached hydrogens (primary N) is 2. The van der Waals surface area contributed by atoms with Gasteiger partial charge in [-0.2, -0.15) is 0 Å². The highest BCUT2D eigenvalue weighted by atomic mass is 16.7. The van der Waals surface area contributed by atoms with E-state index >= 15 is 0 Å². The third kappa shape index (κ3) is 14.1. The van der Waals surface area contributed by atoms with E-state index in [-0.39, 0.29) is 42.2 Å². The van der Waals surface area contributed by atoms with Crippen LogP contribution in [0.4, 0.5) is 0 Å². The van der Waals surface area contributed by atoms with Crippen LogP contribution in [0.5, 0.6) is 0 Å². The van der Waals surface area contributed by atoms with Gasteiger partial charge in [0, 0.05) is 0 Å². The lowest BCUT2D eigenvalue weighted by molar-refractivity contribution is -0.181. The number of hydroxylamine groups is 6. The van der Waals surface area contributed by atoms with Crippen LogP contribution in [0, 0.1) is 17.8 Å². The number of primary amides is 1. The predicted octanol–water partition coefficient (Wildman–Crippen LogP) is 0.631. The second-order valence-corrected chi connectivity index (χ2v) is 13.6. The fraction of sp³-hybridized carbons (Fsp3) is 0.618. The van der Waals surface area contributed by atoms with Crippen molar-refractivity contribution in [2.24, 2.45) is 29.2 Å². The highest BCUT2D eigenvalue weighted by Gasteiger charge is 2.40. The average Bonchev–Trinajstić information content (AvgIpc) is 3.33. The number of carbonyl (C=O) groups is 7. The standard InChI is InChI=1S/C34H53N7O12/c1-18(2)16-25(28(36)42)51-37-29(43)21(7)49-40-32(46)27(20(5)6)52-39-30(44)24(14-10-11-15-35)50-38-31(45)26(17-19(3)4)53-41-33(47)22-12-8-9-13-23(22)34(41)48/h8-9,12-13,18-21,24-27H,10-11,14-17,35H2,1-7H3,(H2,36,42)(H,37,43)(H,38,45)(H,39,44)(H,40,46)/t21-,24-,25-,26-,27-/m1/s1. The molecule has 5 atom stereocenters. The van der Waals surface area contributed by atoms with Gasteiger partial charge in [0.1, 0.15) is 0 Å². The molecule has 0 aromatic heterocycles. The largest absolute Gasteiger partial charge is 0.367 e. The van der Waals surface area contributed by atoms with Gasteiger partial charge in [0.15, 0.2) is 30.5 Å². The maximum atomic E-state index is 13.3. The Morgan fingerprint density at radius 1 is 0.660 bits per heavy atom. The summed E-state index contributed by atoms with van der Waals surface area (Å²) < 4.78 is 0. The van der Waals surface area contributed by atoms with Gasteiger partial charge in [-0.1, -0.05) is 53.7 Å². The molecule has 0 bridgehead atoms. The van der Waals surface area contributed by atoms with Crippen LogP contribution in [0.2, 0.25) is 0 Å². The summed E-state index contributed by atoms with van der Waals surface area (Å²) in [6, 6.07) is 6.14. The average molecular weight is 752 g/mol. The van der Waals surface area contributed by atoms with E-state index in [2.05, 4.69) is 21.9 Å². The van der Waals surface area contributed by atoms with Gasteiger partial charge in [0.2, 0.25) is 5.91 Å². The molecule has 19 heteroatoms. The smallest absolute Gasteiger partial charge is 0.285 e. The minimum Gasteiger partial charge on any atom is -0.367 e. The zero-order chi connectivity index (χ0) is 39.8. The zero-order valence-corrected chi connectivity index (χ0v) is 31.2. The first-order valence-electron chi connectivity index (χ1n) is 17.4. The zero-order valence-electron chi connectivity index (χ0n) is 31.2. The Labute approximate surface area is 308 Å². The summed E-state index contributed by atoms with van der Waals surface area (Å²) in [6.45, 7) is 12.2. The van der Waals surface area contributed by atoms with Crippen LogP contribution in [-0.2, 0) is 48.2 Å². The molecule has 8 N–H and O–H groups in total. The first kappa shape index (κ1) is 44.6. The maximum Gasteiger partial charge on any atom is 0.285 e. The van der Waals surface area contributed by atoms with Crippen LogP contribution < -0.4 is 33.4 Å². The first-order chi connectivity index (χ1) is 25.0. The Bertz CT molecular complexity index is 1410. The molecule has 0 saturated carbocycles. The van der Waals surface area contributed by atoms with E-state index in [0.29, 0.717) is 24.4 Å². The number of hydrogen-bond acceptors (Lipinski definition) is 13. The molecule has 53 heavy (non-hydrogen) atoms. The highest BCUT2D eigenvalue weighted by Crippen LogP contribution is 2.25. The molecule has 1 aromatic rings. The minimum atomic E-state index is -1.35. The van der Waals surface area contributed by atoms with Crippen molar-refractivity contribution in [2.45, 2.75) is 111 Å². The van der Waals surface area contributed by atoms with Gasteiger partial charge in [-0.3, -0.25) is 52.9 Å². The molecule has 296 valence electrons. The fourth-order valence-electron chi connectivity index (χ4n) is 4.73. The van der Waals surface area contributed by atoms with Crippen LogP contribution in [0.3, 0.4) is 0 Å². The lowest BCUT2D eigenvalue weighted by Crippen LogP contribution is -2.50. The molecule has 0 radical (unpaired) electrons. The van der Waals surface area contributed by atoms with Crippen molar-refractivity contribution in [3.05, 3.63) is 35.4 Å². The molecule has 2 rings (SSSR count). The molecule has 1 aromatic carbocycles. The van der Waals surface area contributed by atoms with E-state index in [9.17, 15) is 33.6 Å². The van der Waals surface area contributed by atoms with Gasteiger partial charge in [0.05, 0.1) is 11.1 Å². The molecular weight excluding hydrogens is 698 g/mol. The molecule has 0 fully saturated rings. The molecule has 1 heterocycles. The monoisotopic (exact) mass is 751 g/mol. The molecule has 0 aliphatic carbocycles. The van der Waals surface area contributed by atoms with Crippen LogP contribution in [0.15, 0.2) is 24.3 Å². The van der Waals surface area contributed by atoms with Crippen molar-refractivity contribution < 1.29 is 57.7 Å². The number of fused-ring (bicyclic) bond motifs is 1. The number of hydrogen-bond donors (Lipinski definition) is 6. The third-order valence-electron chi connectivity index (χ3n) is 7.64. The molecule has 0 unspecified atom stereocenters. The number of nitrogens with one attached hydrogen (secondary N) is 4. The number of imide groups is 1. The van der Waals surface area contributed by atoms with E-state index in [4.69, 9.17) is 35.7 Å². The molecule has 19 nitrogen and oxygen atoms in total. The Balaban J connectivity index is 2.01.